The summed E-state index contributed by atoms with van der Waals surface area (Å²) in [5.74, 6) is 1.37. The highest BCUT2D eigenvalue weighted by Gasteiger charge is 2.28. The van der Waals surface area contributed by atoms with Gasteiger partial charge >= 0.3 is 12.1 Å². The summed E-state index contributed by atoms with van der Waals surface area (Å²) in [6, 6.07) is 27.5. The Bertz CT molecular complexity index is 2700. The van der Waals surface area contributed by atoms with Crippen molar-refractivity contribution in [3.8, 4) is 39.8 Å². The fourth-order valence-electron chi connectivity index (χ4n) is 7.75. The van der Waals surface area contributed by atoms with Crippen molar-refractivity contribution in [2.75, 3.05) is 27.3 Å². The standard InChI is InChI=1S/C48H51BrN6O7/c1-48(2,3)62-47(58)53(4)24-14-25-55-43-34(35(44(55)46(56)57)21-13-26-60-41-23-11-16-31-15-7-8-17-33(31)41)19-12-20-37(43)42-38(52-54(5)39(42)27-49)30-61-32-28-50-45(51-29-32)36-18-9-10-22-40(36)59-6/h7-12,15-20,22-23,28-29H,13-14,21,24-27,30H2,1-6H3,(H,56,57). The number of benzene rings is 4. The predicted molar refractivity (Wildman–Crippen MR) is 243 cm³/mol. The predicted octanol–water partition coefficient (Wildman–Crippen LogP) is 10.1. The Morgan fingerprint density at radius 1 is 0.855 bits per heavy atom. The first-order chi connectivity index (χ1) is 29.9. The number of nitrogens with zero attached hydrogens (tertiary/aromatic N) is 6. The van der Waals surface area contributed by atoms with Crippen LogP contribution in [0.15, 0.2) is 97.3 Å². The van der Waals surface area contributed by atoms with Crippen molar-refractivity contribution in [3.05, 3.63) is 120 Å². The van der Waals surface area contributed by atoms with E-state index in [-0.39, 0.29) is 12.3 Å². The molecular weight excluding hydrogens is 852 g/mol. The van der Waals surface area contributed by atoms with Gasteiger partial charge in [-0.15, -0.1) is 0 Å². The molecular formula is C48H51BrN6O7. The zero-order valence-electron chi connectivity index (χ0n) is 35.9. The number of methoxy groups -OCH3 is 1. The third kappa shape index (κ3) is 9.55. The molecule has 0 saturated heterocycles. The van der Waals surface area contributed by atoms with Gasteiger partial charge in [0.25, 0.3) is 0 Å². The van der Waals surface area contributed by atoms with Crippen molar-refractivity contribution in [2.45, 2.75) is 64.1 Å². The van der Waals surface area contributed by atoms with E-state index in [1.54, 1.807) is 26.6 Å². The first-order valence-corrected chi connectivity index (χ1v) is 21.6. The molecule has 0 atom stereocenters. The van der Waals surface area contributed by atoms with Gasteiger partial charge in [0.05, 0.1) is 42.9 Å². The highest BCUT2D eigenvalue weighted by atomic mass is 79.9. The van der Waals surface area contributed by atoms with Gasteiger partial charge in [0.15, 0.2) is 11.6 Å². The number of halogens is 1. The van der Waals surface area contributed by atoms with Crippen LogP contribution in [0, 0.1) is 0 Å². The minimum Gasteiger partial charge on any atom is -0.496 e. The Kier molecular flexibility index (Phi) is 13.5. The second-order valence-corrected chi connectivity index (χ2v) is 16.5. The molecule has 322 valence electrons. The number of para-hydroxylation sites is 2. The number of aryl methyl sites for hydroxylation is 3. The maximum absolute atomic E-state index is 13.4. The van der Waals surface area contributed by atoms with Gasteiger partial charge in [-0.25, -0.2) is 19.6 Å². The number of hydrogen-bond donors (Lipinski definition) is 1. The SMILES string of the molecule is COc1ccccc1-c1ncc(OCc2nn(C)c(CBr)c2-c2cccc3c(CCCOc4cccc5ccccc45)c(C(=O)O)n(CCCN(C)C(=O)OC(C)(C)C)c23)cn1. The van der Waals surface area contributed by atoms with Gasteiger partial charge in [0.1, 0.15) is 35.1 Å². The Balaban J connectivity index is 1.23. The van der Waals surface area contributed by atoms with Crippen LogP contribution in [0.5, 0.6) is 17.2 Å². The summed E-state index contributed by atoms with van der Waals surface area (Å²) in [6.45, 7) is 6.63. The van der Waals surface area contributed by atoms with Gasteiger partial charge in [0.2, 0.25) is 0 Å². The lowest BCUT2D eigenvalue weighted by molar-refractivity contribution is 0.0294. The summed E-state index contributed by atoms with van der Waals surface area (Å²) < 4.78 is 27.4. The molecule has 0 aliphatic carbocycles. The first kappa shape index (κ1) is 43.7. The molecule has 0 bridgehead atoms. The zero-order valence-corrected chi connectivity index (χ0v) is 37.4. The highest BCUT2D eigenvalue weighted by molar-refractivity contribution is 9.08. The molecule has 0 aliphatic rings. The van der Waals surface area contributed by atoms with Crippen LogP contribution in [0.2, 0.25) is 0 Å². The Morgan fingerprint density at radius 3 is 2.27 bits per heavy atom. The largest absolute Gasteiger partial charge is 0.496 e. The first-order valence-electron chi connectivity index (χ1n) is 20.5. The number of amides is 1. The van der Waals surface area contributed by atoms with Gasteiger partial charge < -0.3 is 33.5 Å². The van der Waals surface area contributed by atoms with E-state index in [4.69, 9.17) is 24.0 Å². The van der Waals surface area contributed by atoms with E-state index in [2.05, 4.69) is 38.0 Å². The number of carbonyl (C=O) groups excluding carboxylic acids is 1. The lowest BCUT2D eigenvalue weighted by Gasteiger charge is -2.24. The summed E-state index contributed by atoms with van der Waals surface area (Å²) in [7, 11) is 5.18. The van der Waals surface area contributed by atoms with Crippen LogP contribution in [-0.4, -0.2) is 79.3 Å². The van der Waals surface area contributed by atoms with Gasteiger partial charge in [-0.05, 0) is 69.2 Å². The van der Waals surface area contributed by atoms with E-state index in [9.17, 15) is 14.7 Å². The van der Waals surface area contributed by atoms with Crippen molar-refractivity contribution in [1.29, 1.82) is 0 Å². The lowest BCUT2D eigenvalue weighted by Crippen LogP contribution is -2.35. The van der Waals surface area contributed by atoms with Crippen molar-refractivity contribution in [3.63, 3.8) is 0 Å². The van der Waals surface area contributed by atoms with Crippen molar-refractivity contribution >= 4 is 49.7 Å². The van der Waals surface area contributed by atoms with E-state index in [0.717, 1.165) is 49.8 Å². The minimum atomic E-state index is -1.04. The smallest absolute Gasteiger partial charge is 0.410 e. The number of carboxylic acids is 1. The van der Waals surface area contributed by atoms with Crippen LogP contribution >= 0.6 is 15.9 Å². The number of fused-ring (bicyclic) bond motifs is 2. The highest BCUT2D eigenvalue weighted by Crippen LogP contribution is 2.39. The van der Waals surface area contributed by atoms with Crippen LogP contribution in [0.3, 0.4) is 0 Å². The quantitative estimate of drug-likeness (QED) is 0.0693. The summed E-state index contributed by atoms with van der Waals surface area (Å²) in [6.07, 6.45) is 4.30. The average molecular weight is 904 g/mol. The zero-order chi connectivity index (χ0) is 44.0. The molecule has 4 aromatic carbocycles. The second-order valence-electron chi connectivity index (χ2n) is 15.9. The van der Waals surface area contributed by atoms with Gasteiger partial charge in [0, 0.05) is 54.4 Å². The molecule has 62 heavy (non-hydrogen) atoms. The molecule has 14 heteroatoms. The molecule has 3 heterocycles. The summed E-state index contributed by atoms with van der Waals surface area (Å²) in [4.78, 5) is 36.9. The Hall–Kier alpha value is -6.41. The number of hydrogen-bond acceptors (Lipinski definition) is 9. The summed E-state index contributed by atoms with van der Waals surface area (Å²) >= 11 is 3.71. The average Bonchev–Trinajstić information content (AvgIpc) is 3.76. The molecule has 0 aliphatic heterocycles. The number of aromatic carboxylic acids is 1. The maximum Gasteiger partial charge on any atom is 0.410 e. The van der Waals surface area contributed by atoms with Crippen molar-refractivity contribution < 1.29 is 33.6 Å². The van der Waals surface area contributed by atoms with Gasteiger partial charge in [-0.2, -0.15) is 5.10 Å². The molecule has 7 aromatic rings. The molecule has 13 nitrogen and oxygen atoms in total. The maximum atomic E-state index is 13.4. The Labute approximate surface area is 369 Å². The van der Waals surface area contributed by atoms with Crippen LogP contribution in [0.1, 0.15) is 61.1 Å². The normalized spacial score (nSPS) is 11.5. The number of aromatic nitrogens is 5. The third-order valence-electron chi connectivity index (χ3n) is 10.5. The van der Waals surface area contributed by atoms with E-state index in [1.807, 2.05) is 110 Å². The van der Waals surface area contributed by atoms with Crippen LogP contribution in [-0.2, 0) is 36.7 Å². The molecule has 0 radical (unpaired) electrons. The number of alkyl halides is 1. The fraction of sp³-hybridized carbons (Fsp3) is 0.312. The number of carbonyl (C=O) groups is 2. The summed E-state index contributed by atoms with van der Waals surface area (Å²) in [5.41, 5.74) is 4.97. The van der Waals surface area contributed by atoms with E-state index in [1.165, 1.54) is 4.90 Å². The topological polar surface area (TPSA) is 143 Å². The van der Waals surface area contributed by atoms with Crippen molar-refractivity contribution in [1.82, 2.24) is 29.2 Å². The van der Waals surface area contributed by atoms with E-state index in [0.29, 0.717) is 72.9 Å². The van der Waals surface area contributed by atoms with Crippen molar-refractivity contribution in [2.24, 2.45) is 7.05 Å². The molecule has 0 saturated carbocycles. The van der Waals surface area contributed by atoms with Crippen LogP contribution in [0.4, 0.5) is 4.79 Å². The third-order valence-corrected chi connectivity index (χ3v) is 11.1. The molecule has 1 N–H and O–H groups in total. The van der Waals surface area contributed by atoms with Gasteiger partial charge in [-0.3, -0.25) is 4.68 Å². The second kappa shape index (κ2) is 19.1. The lowest BCUT2D eigenvalue weighted by atomic mass is 9.98. The molecule has 1 amide bonds. The summed E-state index contributed by atoms with van der Waals surface area (Å²) in [5, 5.41) is 19.3. The number of carboxylic acid groups (broad SMARTS) is 1. The minimum absolute atomic E-state index is 0.0927. The fourth-order valence-corrected chi connectivity index (χ4v) is 8.39. The molecule has 0 spiro atoms. The van der Waals surface area contributed by atoms with Gasteiger partial charge in [-0.1, -0.05) is 82.7 Å². The van der Waals surface area contributed by atoms with E-state index < -0.39 is 17.7 Å². The van der Waals surface area contributed by atoms with E-state index >= 15 is 0 Å². The van der Waals surface area contributed by atoms with Crippen LogP contribution < -0.4 is 14.2 Å². The number of rotatable bonds is 17. The molecule has 0 fully saturated rings. The monoisotopic (exact) mass is 902 g/mol. The molecule has 0 unspecified atom stereocenters. The molecule has 3 aromatic heterocycles. The van der Waals surface area contributed by atoms with Crippen LogP contribution in [0.25, 0.3) is 44.2 Å². The number of ether oxygens (including phenoxy) is 4. The Morgan fingerprint density at radius 2 is 1.53 bits per heavy atom. The molecule has 7 rings (SSSR count).